The van der Waals surface area contributed by atoms with Gasteiger partial charge in [0.2, 0.25) is 0 Å². The fraction of sp³-hybridized carbons (Fsp3) is 0.143. The first-order chi connectivity index (χ1) is 8.68. The molecule has 6 heteroatoms. The van der Waals surface area contributed by atoms with E-state index in [9.17, 15) is 4.79 Å². The number of amides is 1. The number of hydrazine groups is 1. The second-order valence-corrected chi connectivity index (χ2v) is 4.12. The Morgan fingerprint density at radius 2 is 1.75 bits per heavy atom. The molecular formula is C14H18BrN3O2. The highest BCUT2D eigenvalue weighted by molar-refractivity contribution is 5.90. The number of hydrogen-bond donors (Lipinski definition) is 1. The smallest absolute Gasteiger partial charge is 0.332 e. The van der Waals surface area contributed by atoms with E-state index in [1.807, 2.05) is 55.7 Å². The van der Waals surface area contributed by atoms with Gasteiger partial charge in [0.1, 0.15) is 7.05 Å². The van der Waals surface area contributed by atoms with Gasteiger partial charge < -0.3 is 22.5 Å². The molecule has 0 saturated heterocycles. The van der Waals surface area contributed by atoms with Crippen molar-refractivity contribution in [1.29, 1.82) is 0 Å². The Morgan fingerprint density at radius 3 is 2.35 bits per heavy atom. The molecule has 1 aromatic heterocycles. The number of nitrogens with two attached hydrogens (primary N) is 1. The molecule has 2 rings (SSSR count). The summed E-state index contributed by atoms with van der Waals surface area (Å²) in [4.78, 5) is 12.1. The number of carbonyl (C=O) groups is 1. The largest absolute Gasteiger partial charge is 1.00 e. The van der Waals surface area contributed by atoms with Crippen molar-refractivity contribution in [1.82, 2.24) is 5.01 Å². The highest BCUT2D eigenvalue weighted by Gasteiger charge is 2.20. The molecule has 0 aliphatic rings. The molecule has 20 heavy (non-hydrogen) atoms. The molecule has 0 aliphatic heterocycles. The van der Waals surface area contributed by atoms with E-state index in [0.717, 1.165) is 5.56 Å². The van der Waals surface area contributed by atoms with Gasteiger partial charge in [0.15, 0.2) is 6.20 Å². The zero-order valence-corrected chi connectivity index (χ0v) is 12.7. The zero-order chi connectivity index (χ0) is 13.0. The number of pyridine rings is 1. The molecule has 5 nitrogen and oxygen atoms in total. The van der Waals surface area contributed by atoms with Crippen LogP contribution >= 0.6 is 0 Å². The second-order valence-electron chi connectivity index (χ2n) is 4.12. The lowest BCUT2D eigenvalue weighted by Crippen LogP contribution is -3.00. The third kappa shape index (κ3) is 4.41. The third-order valence-electron chi connectivity index (χ3n) is 2.73. The molecule has 0 unspecified atom stereocenters. The van der Waals surface area contributed by atoms with Crippen molar-refractivity contribution >= 4 is 5.91 Å². The molecule has 1 heterocycles. The van der Waals surface area contributed by atoms with Crippen LogP contribution in [-0.4, -0.2) is 16.4 Å². The minimum atomic E-state index is -0.193. The van der Waals surface area contributed by atoms with E-state index in [-0.39, 0.29) is 28.4 Å². The van der Waals surface area contributed by atoms with E-state index < -0.39 is 0 Å². The van der Waals surface area contributed by atoms with E-state index in [1.165, 1.54) is 5.01 Å². The van der Waals surface area contributed by atoms with E-state index in [1.54, 1.807) is 10.6 Å². The molecule has 4 N–H and O–H groups in total. The minimum Gasteiger partial charge on any atom is -1.00 e. The Hall–Kier alpha value is -1.76. The van der Waals surface area contributed by atoms with Crippen LogP contribution in [0.1, 0.15) is 16.1 Å². The second kappa shape index (κ2) is 8.42. The van der Waals surface area contributed by atoms with Crippen LogP contribution < -0.4 is 27.4 Å². The zero-order valence-electron chi connectivity index (χ0n) is 11.2. The maximum Gasteiger partial charge on any atom is 0.332 e. The van der Waals surface area contributed by atoms with Gasteiger partial charge in [-0.3, -0.25) is 9.80 Å². The van der Waals surface area contributed by atoms with Gasteiger partial charge >= 0.3 is 5.91 Å². The van der Waals surface area contributed by atoms with Gasteiger partial charge in [-0.25, -0.2) is 5.84 Å². The third-order valence-corrected chi connectivity index (χ3v) is 2.73. The van der Waals surface area contributed by atoms with Crippen LogP contribution in [0.5, 0.6) is 0 Å². The lowest BCUT2D eigenvalue weighted by Gasteiger charge is -2.15. The van der Waals surface area contributed by atoms with Gasteiger partial charge in [-0.15, -0.1) is 0 Å². The Kier molecular flexibility index (Phi) is 7.68. The summed E-state index contributed by atoms with van der Waals surface area (Å²) in [6.45, 7) is 0.397. The van der Waals surface area contributed by atoms with E-state index in [4.69, 9.17) is 5.84 Å². The van der Waals surface area contributed by atoms with E-state index >= 15 is 0 Å². The van der Waals surface area contributed by atoms with Crippen molar-refractivity contribution in [3.8, 4) is 0 Å². The molecule has 0 radical (unpaired) electrons. The highest BCUT2D eigenvalue weighted by atomic mass is 79.9. The molecule has 1 amide bonds. The summed E-state index contributed by atoms with van der Waals surface area (Å²) in [6, 6.07) is 15.1. The van der Waals surface area contributed by atoms with Crippen LogP contribution in [0.3, 0.4) is 0 Å². The normalized spacial score (nSPS) is 9.10. The predicted octanol–water partition coefficient (Wildman–Crippen LogP) is -2.79. The lowest BCUT2D eigenvalue weighted by molar-refractivity contribution is -0.673. The lowest BCUT2D eigenvalue weighted by atomic mass is 10.2. The molecule has 108 valence electrons. The summed E-state index contributed by atoms with van der Waals surface area (Å²) in [6.07, 6.45) is 1.82. The predicted molar refractivity (Wildman–Crippen MR) is 71.7 cm³/mol. The number of aromatic nitrogens is 1. The number of nitrogens with zero attached hydrogens (tertiary/aromatic N) is 2. The Bertz CT molecular complexity index is 549. The van der Waals surface area contributed by atoms with E-state index in [0.29, 0.717) is 12.2 Å². The van der Waals surface area contributed by atoms with Crippen LogP contribution in [0.15, 0.2) is 54.7 Å². The van der Waals surface area contributed by atoms with E-state index in [2.05, 4.69) is 0 Å². The van der Waals surface area contributed by atoms with Crippen molar-refractivity contribution < 1.29 is 31.8 Å². The fourth-order valence-electron chi connectivity index (χ4n) is 1.74. The molecule has 0 aliphatic carbocycles. The van der Waals surface area contributed by atoms with Crippen molar-refractivity contribution in [3.05, 3.63) is 66.0 Å². The van der Waals surface area contributed by atoms with Gasteiger partial charge in [0.05, 0.1) is 6.54 Å². The van der Waals surface area contributed by atoms with Crippen LogP contribution in [0, 0.1) is 0 Å². The fourth-order valence-corrected chi connectivity index (χ4v) is 1.74. The Labute approximate surface area is 128 Å². The van der Waals surface area contributed by atoms with Gasteiger partial charge in [0, 0.05) is 12.1 Å². The quantitative estimate of drug-likeness (QED) is 0.284. The monoisotopic (exact) mass is 339 g/mol. The Morgan fingerprint density at radius 1 is 1.15 bits per heavy atom. The van der Waals surface area contributed by atoms with Gasteiger partial charge in [0.25, 0.3) is 5.69 Å². The van der Waals surface area contributed by atoms with Crippen LogP contribution in [-0.2, 0) is 13.6 Å². The van der Waals surface area contributed by atoms with Crippen molar-refractivity contribution in [2.24, 2.45) is 12.9 Å². The minimum absolute atomic E-state index is 0. The first-order valence-electron chi connectivity index (χ1n) is 5.73. The number of halogens is 1. The SMILES string of the molecule is C[n+]1ccccc1C(=O)N(N)Cc1ccccc1.O.[Br-]. The summed E-state index contributed by atoms with van der Waals surface area (Å²) < 4.78 is 1.76. The summed E-state index contributed by atoms with van der Waals surface area (Å²) in [7, 11) is 1.82. The molecule has 0 spiro atoms. The maximum atomic E-state index is 12.1. The first-order valence-corrected chi connectivity index (χ1v) is 5.73. The topological polar surface area (TPSA) is 81.7 Å². The van der Waals surface area contributed by atoms with Gasteiger partial charge in [-0.05, 0) is 11.6 Å². The Balaban J connectivity index is 0.00000180. The van der Waals surface area contributed by atoms with Gasteiger partial charge in [-0.1, -0.05) is 30.3 Å². The number of carbonyl (C=O) groups excluding carboxylic acids is 1. The number of aryl methyl sites for hydroxylation is 1. The number of hydrogen-bond acceptors (Lipinski definition) is 2. The maximum absolute atomic E-state index is 12.1. The number of rotatable bonds is 3. The van der Waals surface area contributed by atoms with Crippen LogP contribution in [0.25, 0.3) is 0 Å². The van der Waals surface area contributed by atoms with Gasteiger partial charge in [-0.2, -0.15) is 4.57 Å². The molecular weight excluding hydrogens is 322 g/mol. The molecule has 0 fully saturated rings. The molecule has 1 aromatic carbocycles. The summed E-state index contributed by atoms with van der Waals surface area (Å²) >= 11 is 0. The highest BCUT2D eigenvalue weighted by Crippen LogP contribution is 2.04. The first kappa shape index (κ1) is 18.2. The van der Waals surface area contributed by atoms with Crippen LogP contribution in [0.2, 0.25) is 0 Å². The molecule has 0 atom stereocenters. The summed E-state index contributed by atoms with van der Waals surface area (Å²) in [5, 5.41) is 1.23. The molecule has 0 bridgehead atoms. The average Bonchev–Trinajstić information content (AvgIpc) is 2.39. The molecule has 2 aromatic rings. The standard InChI is InChI=1S/C14H15N3O.BrH.H2O/c1-16-10-6-5-9-13(16)14(18)17(15)11-12-7-3-2-4-8-12;;/h2-10,15H,11H2,1H3;1H;1H2. The summed E-state index contributed by atoms with van der Waals surface area (Å²) in [5.41, 5.74) is 1.57. The van der Waals surface area contributed by atoms with Crippen LogP contribution in [0.4, 0.5) is 0 Å². The molecule has 0 saturated carbocycles. The van der Waals surface area contributed by atoms with Crippen molar-refractivity contribution in [2.45, 2.75) is 6.54 Å². The van der Waals surface area contributed by atoms with Crippen molar-refractivity contribution in [3.63, 3.8) is 0 Å². The number of benzene rings is 1. The van der Waals surface area contributed by atoms with Crippen molar-refractivity contribution in [2.75, 3.05) is 0 Å². The average molecular weight is 340 g/mol. The summed E-state index contributed by atoms with van der Waals surface area (Å²) in [5.74, 6) is 5.63.